The van der Waals surface area contributed by atoms with E-state index in [1.807, 2.05) is 20.8 Å². The minimum absolute atomic E-state index is 0.0589. The summed E-state index contributed by atoms with van der Waals surface area (Å²) in [6, 6.07) is 3.17. The van der Waals surface area contributed by atoms with Crippen LogP contribution in [0.15, 0.2) is 12.1 Å². The van der Waals surface area contributed by atoms with Gasteiger partial charge in [-0.15, -0.1) is 0 Å². The average molecular weight is 294 g/mol. The van der Waals surface area contributed by atoms with Gasteiger partial charge >= 0.3 is 0 Å². The molecule has 5 heteroatoms. The van der Waals surface area contributed by atoms with Crippen molar-refractivity contribution in [2.24, 2.45) is 0 Å². The number of nitrogens with two attached hydrogens (primary N) is 1. The smallest absolute Gasteiger partial charge is 0.275 e. The highest BCUT2D eigenvalue weighted by molar-refractivity contribution is 8.35. The van der Waals surface area contributed by atoms with Gasteiger partial charge in [0.2, 0.25) is 0 Å². The Labute approximate surface area is 122 Å². The van der Waals surface area contributed by atoms with Gasteiger partial charge in [0.05, 0.1) is 10.6 Å². The van der Waals surface area contributed by atoms with Crippen molar-refractivity contribution in [3.8, 4) is 11.2 Å². The van der Waals surface area contributed by atoms with Crippen LogP contribution in [0.3, 0.4) is 0 Å². The van der Waals surface area contributed by atoms with E-state index in [9.17, 15) is 10.1 Å². The molecule has 0 aliphatic rings. The first-order valence-corrected chi connectivity index (χ1v) is 9.07. The predicted molar refractivity (Wildman–Crippen MR) is 88.4 cm³/mol. The van der Waals surface area contributed by atoms with Crippen LogP contribution in [0, 0.1) is 21.3 Å². The Hall–Kier alpha value is -1.67. The first-order valence-electron chi connectivity index (χ1n) is 6.21. The fourth-order valence-corrected chi connectivity index (χ4v) is 2.09. The molecule has 20 heavy (non-hydrogen) atoms. The summed E-state index contributed by atoms with van der Waals surface area (Å²) in [7, 11) is -0.964. The predicted octanol–water partition coefficient (Wildman–Crippen LogP) is 3.48. The molecule has 1 aromatic rings. The molecule has 0 aliphatic carbocycles. The molecule has 4 nitrogen and oxygen atoms in total. The SMILES string of the molecule is CC(C)(C)c1cc(C#CS(C)(C)C)c(N)cc1[N+](=O)[O-]. The number of nitro groups is 1. The minimum Gasteiger partial charge on any atom is -0.398 e. The van der Waals surface area contributed by atoms with E-state index in [0.717, 1.165) is 0 Å². The number of hydrogen-bond acceptors (Lipinski definition) is 3. The van der Waals surface area contributed by atoms with Gasteiger partial charge in [0, 0.05) is 17.2 Å². The van der Waals surface area contributed by atoms with Crippen molar-refractivity contribution in [1.29, 1.82) is 0 Å². The number of hydrogen-bond donors (Lipinski definition) is 1. The molecule has 0 amide bonds. The lowest BCUT2D eigenvalue weighted by Crippen LogP contribution is -2.14. The van der Waals surface area contributed by atoms with E-state index >= 15 is 0 Å². The van der Waals surface area contributed by atoms with Crippen LogP contribution >= 0.6 is 10.0 Å². The van der Waals surface area contributed by atoms with E-state index < -0.39 is 10.0 Å². The van der Waals surface area contributed by atoms with E-state index in [1.54, 1.807) is 6.07 Å². The molecular formula is C15H22N2O2S. The summed E-state index contributed by atoms with van der Waals surface area (Å²) in [5, 5.41) is 14.4. The van der Waals surface area contributed by atoms with E-state index in [2.05, 4.69) is 29.9 Å². The number of anilines is 1. The van der Waals surface area contributed by atoms with Crippen molar-refractivity contribution in [2.45, 2.75) is 26.2 Å². The average Bonchev–Trinajstić information content (AvgIpc) is 2.23. The first kappa shape index (κ1) is 16.4. The molecular weight excluding hydrogens is 272 g/mol. The third-order valence-electron chi connectivity index (χ3n) is 2.66. The van der Waals surface area contributed by atoms with E-state index in [0.29, 0.717) is 16.8 Å². The number of benzene rings is 1. The zero-order valence-electron chi connectivity index (χ0n) is 12.9. The van der Waals surface area contributed by atoms with E-state index in [-0.39, 0.29) is 16.0 Å². The standard InChI is InChI=1S/C15H22N2O2S/c1-15(2,3)12-9-11(7-8-20(4,5)6)13(16)10-14(12)17(18)19/h9-10H,16H2,1-6H3. The summed E-state index contributed by atoms with van der Waals surface area (Å²) in [5.74, 6) is 3.07. The molecule has 2 N–H and O–H groups in total. The van der Waals surface area contributed by atoms with Crippen LogP contribution in [0.2, 0.25) is 0 Å². The van der Waals surface area contributed by atoms with Crippen LogP contribution in [0.25, 0.3) is 0 Å². The Morgan fingerprint density at radius 3 is 2.20 bits per heavy atom. The highest BCUT2D eigenvalue weighted by Gasteiger charge is 2.26. The molecule has 0 atom stereocenters. The van der Waals surface area contributed by atoms with Crippen molar-refractivity contribution in [2.75, 3.05) is 24.5 Å². The van der Waals surface area contributed by atoms with Gasteiger partial charge in [0.1, 0.15) is 0 Å². The van der Waals surface area contributed by atoms with Crippen molar-refractivity contribution in [1.82, 2.24) is 0 Å². The molecule has 0 bridgehead atoms. The van der Waals surface area contributed by atoms with Crippen LogP contribution in [-0.2, 0) is 5.41 Å². The number of rotatable bonds is 1. The Balaban J connectivity index is 3.51. The topological polar surface area (TPSA) is 69.2 Å². The van der Waals surface area contributed by atoms with Crippen LogP contribution in [0.4, 0.5) is 11.4 Å². The Kier molecular flexibility index (Phi) is 4.40. The Morgan fingerprint density at radius 1 is 1.25 bits per heavy atom. The summed E-state index contributed by atoms with van der Waals surface area (Å²) in [4.78, 5) is 10.8. The number of nitro benzene ring substituents is 1. The maximum Gasteiger partial charge on any atom is 0.275 e. The minimum atomic E-state index is -0.964. The number of nitrogen functional groups attached to an aromatic ring is 1. The molecule has 0 aromatic heterocycles. The molecule has 0 spiro atoms. The summed E-state index contributed by atoms with van der Waals surface area (Å²) >= 11 is 0. The summed E-state index contributed by atoms with van der Waals surface area (Å²) in [6.07, 6.45) is 6.27. The van der Waals surface area contributed by atoms with Gasteiger partial charge < -0.3 is 5.73 Å². The molecule has 0 heterocycles. The Bertz CT molecular complexity index is 599. The lowest BCUT2D eigenvalue weighted by Gasteiger charge is -2.20. The molecule has 1 rings (SSSR count). The van der Waals surface area contributed by atoms with Crippen molar-refractivity contribution >= 4 is 21.4 Å². The van der Waals surface area contributed by atoms with Gasteiger partial charge in [0.25, 0.3) is 5.69 Å². The van der Waals surface area contributed by atoms with Gasteiger partial charge in [-0.2, -0.15) is 10.0 Å². The lowest BCUT2D eigenvalue weighted by molar-refractivity contribution is -0.385. The van der Waals surface area contributed by atoms with Crippen LogP contribution in [0.5, 0.6) is 0 Å². The van der Waals surface area contributed by atoms with Crippen LogP contribution < -0.4 is 5.73 Å². The van der Waals surface area contributed by atoms with Crippen molar-refractivity contribution < 1.29 is 4.92 Å². The van der Waals surface area contributed by atoms with Crippen LogP contribution in [0.1, 0.15) is 31.9 Å². The molecule has 0 aliphatic heterocycles. The summed E-state index contributed by atoms with van der Waals surface area (Å²) < 4.78 is 0. The van der Waals surface area contributed by atoms with Gasteiger partial charge in [-0.25, -0.2) is 0 Å². The van der Waals surface area contributed by atoms with Crippen molar-refractivity contribution in [3.05, 3.63) is 33.4 Å². The normalized spacial score (nSPS) is 12.5. The molecule has 0 unspecified atom stereocenters. The molecule has 0 fully saturated rings. The second-order valence-corrected chi connectivity index (χ2v) is 10.4. The van der Waals surface area contributed by atoms with Gasteiger partial charge in [0.15, 0.2) is 0 Å². The third-order valence-corrected chi connectivity index (χ3v) is 3.38. The molecule has 110 valence electrons. The lowest BCUT2D eigenvalue weighted by atomic mass is 9.84. The molecule has 0 saturated heterocycles. The van der Waals surface area contributed by atoms with Crippen molar-refractivity contribution in [3.63, 3.8) is 0 Å². The highest BCUT2D eigenvalue weighted by atomic mass is 32.3. The number of nitrogens with zero attached hydrogens (tertiary/aromatic N) is 1. The maximum atomic E-state index is 11.2. The zero-order valence-corrected chi connectivity index (χ0v) is 13.7. The second kappa shape index (κ2) is 5.37. The highest BCUT2D eigenvalue weighted by Crippen LogP contribution is 2.36. The molecule has 1 aromatic carbocycles. The monoisotopic (exact) mass is 294 g/mol. The molecule has 0 radical (unpaired) electrons. The van der Waals surface area contributed by atoms with E-state index in [1.165, 1.54) is 6.07 Å². The Morgan fingerprint density at radius 2 is 1.80 bits per heavy atom. The largest absolute Gasteiger partial charge is 0.398 e. The first-order chi connectivity index (χ1) is 8.92. The second-order valence-electron chi connectivity index (χ2n) is 6.53. The zero-order chi connectivity index (χ0) is 15.7. The van der Waals surface area contributed by atoms with Gasteiger partial charge in [-0.05, 0) is 35.5 Å². The quantitative estimate of drug-likeness (QED) is 0.373. The summed E-state index contributed by atoms with van der Waals surface area (Å²) in [6.45, 7) is 5.83. The van der Waals surface area contributed by atoms with Crippen LogP contribution in [-0.4, -0.2) is 23.7 Å². The fourth-order valence-electron chi connectivity index (χ4n) is 1.67. The maximum absolute atomic E-state index is 11.2. The van der Waals surface area contributed by atoms with E-state index in [4.69, 9.17) is 5.73 Å². The molecule has 0 saturated carbocycles. The van der Waals surface area contributed by atoms with Gasteiger partial charge in [-0.3, -0.25) is 10.1 Å². The third kappa shape index (κ3) is 4.17. The van der Waals surface area contributed by atoms with Gasteiger partial charge in [-0.1, -0.05) is 26.7 Å². The fraction of sp³-hybridized carbons (Fsp3) is 0.467. The summed E-state index contributed by atoms with van der Waals surface area (Å²) in [5.41, 5.74) is 7.32.